The van der Waals surface area contributed by atoms with Gasteiger partial charge >= 0.3 is 45.9 Å². The van der Waals surface area contributed by atoms with Crippen molar-refractivity contribution in [3.8, 4) is 29.6 Å². The largest absolute Gasteiger partial charge is 0.534 e. The zero-order chi connectivity index (χ0) is 53.7. The van der Waals surface area contributed by atoms with Crippen LogP contribution in [0.1, 0.15) is 65.3 Å². The Morgan fingerprint density at radius 3 is 1.41 bits per heavy atom. The van der Waals surface area contributed by atoms with Gasteiger partial charge in [-0.3, -0.25) is 9.59 Å². The maximum atomic E-state index is 12.7. The van der Waals surface area contributed by atoms with Crippen LogP contribution in [0.25, 0.3) is 0 Å². The second kappa shape index (κ2) is 23.0. The van der Waals surface area contributed by atoms with Gasteiger partial charge in [-0.2, -0.15) is 47.9 Å². The minimum absolute atomic E-state index is 0.0211. The molecule has 0 fully saturated rings. The second-order valence-corrected chi connectivity index (χ2v) is 25.8. The Labute approximate surface area is 422 Å². The van der Waals surface area contributed by atoms with Gasteiger partial charge in [0.05, 0.1) is 15.1 Å². The molecule has 0 N–H and O–H groups in total. The van der Waals surface area contributed by atoms with Crippen molar-refractivity contribution < 1.29 is 71.2 Å². The van der Waals surface area contributed by atoms with E-state index in [2.05, 4.69) is 41.2 Å². The Hall–Kier alpha value is -4.80. The van der Waals surface area contributed by atoms with Crippen LogP contribution >= 0.6 is 34.8 Å². The highest BCUT2D eigenvalue weighted by Crippen LogP contribution is 2.38. The monoisotopic (exact) mass is 1100 g/mol. The maximum Gasteiger partial charge on any atom is 0.534 e. The summed E-state index contributed by atoms with van der Waals surface area (Å²) in [6.45, 7) is 12.4. The lowest BCUT2D eigenvalue weighted by Gasteiger charge is -2.26. The zero-order valence-corrected chi connectivity index (χ0v) is 43.3. The van der Waals surface area contributed by atoms with E-state index in [0.29, 0.717) is 52.9 Å². The van der Waals surface area contributed by atoms with Crippen LogP contribution in [0, 0.1) is 23.8 Å². The molecule has 0 saturated carbocycles. The fraction of sp³-hybridized carbons (Fsp3) is 0.468. The topological polar surface area (TPSA) is 114 Å². The molecule has 3 aliphatic heterocycles. The van der Waals surface area contributed by atoms with E-state index < -0.39 is 70.8 Å². The molecular weight excluding hydrogens is 1060 g/mol. The maximum absolute atomic E-state index is 12.7. The Morgan fingerprint density at radius 2 is 0.986 bits per heavy atom. The molecule has 6 rings (SSSR count). The lowest BCUT2D eigenvalue weighted by Crippen LogP contribution is -2.42. The third-order valence-corrected chi connectivity index (χ3v) is 13.5. The van der Waals surface area contributed by atoms with Gasteiger partial charge in [-0.15, -0.1) is 12.0 Å². The Morgan fingerprint density at radius 1 is 0.606 bits per heavy atom. The number of hydrogen-bond donors (Lipinski definition) is 0. The Bertz CT molecular complexity index is 2720. The molecule has 0 atom stereocenters. The molecule has 0 aliphatic carbocycles. The van der Waals surface area contributed by atoms with Crippen LogP contribution in [-0.2, 0) is 63.0 Å². The first kappa shape index (κ1) is 58.8. The highest BCUT2D eigenvalue weighted by molar-refractivity contribution is 7.88. The average Bonchev–Trinajstić information content (AvgIpc) is 3.70. The fourth-order valence-electron chi connectivity index (χ4n) is 7.42. The number of rotatable bonds is 2. The number of alkyl halides is 9. The van der Waals surface area contributed by atoms with E-state index in [1.54, 1.807) is 11.0 Å². The van der Waals surface area contributed by atoms with Crippen molar-refractivity contribution in [2.24, 2.45) is 0 Å². The Balaban J connectivity index is 0.000000233. The number of nitrogens with zero attached hydrogens (tertiary/aromatic N) is 3. The van der Waals surface area contributed by atoms with Crippen molar-refractivity contribution in [2.45, 2.75) is 102 Å². The number of terminal acetylenes is 1. The molecule has 0 aromatic heterocycles. The number of carbonyl (C=O) groups is 3. The van der Waals surface area contributed by atoms with Gasteiger partial charge in [0, 0.05) is 56.0 Å². The van der Waals surface area contributed by atoms with E-state index in [0.717, 1.165) is 39.6 Å². The van der Waals surface area contributed by atoms with Gasteiger partial charge in [0.1, 0.15) is 13.7 Å². The number of halogens is 12. The minimum Gasteiger partial charge on any atom is -0.444 e. The molecule has 0 saturated heterocycles. The van der Waals surface area contributed by atoms with Gasteiger partial charge in [-0.25, -0.2) is 4.79 Å². The third kappa shape index (κ3) is 16.1. The summed E-state index contributed by atoms with van der Waals surface area (Å²) in [5, 5.41) is 0.657. The van der Waals surface area contributed by atoms with Gasteiger partial charge in [-0.1, -0.05) is 84.5 Å². The minimum atomic E-state index is -6.02. The van der Waals surface area contributed by atoms with Gasteiger partial charge < -0.3 is 23.6 Å². The van der Waals surface area contributed by atoms with Crippen molar-refractivity contribution in [2.75, 3.05) is 39.3 Å². The molecule has 3 aliphatic rings. The van der Waals surface area contributed by atoms with Crippen LogP contribution in [-0.4, -0.2) is 112 Å². The number of carbonyl (C=O) groups excluding carboxylic acids is 3. The van der Waals surface area contributed by atoms with Crippen molar-refractivity contribution in [1.82, 2.24) is 14.7 Å². The summed E-state index contributed by atoms with van der Waals surface area (Å²) in [6.07, 6.45) is -2.99. The molecule has 3 aromatic rings. The van der Waals surface area contributed by atoms with Gasteiger partial charge in [0.2, 0.25) is 0 Å². The van der Waals surface area contributed by atoms with Crippen LogP contribution in [0.4, 0.5) is 44.3 Å². The summed E-state index contributed by atoms with van der Waals surface area (Å²) in [7, 11) is -7.63. The van der Waals surface area contributed by atoms with Crippen LogP contribution < -0.4 is 4.18 Å². The van der Waals surface area contributed by atoms with Gasteiger partial charge in [0.25, 0.3) is 0 Å². The molecule has 3 aromatic carbocycles. The first-order chi connectivity index (χ1) is 32.5. The zero-order valence-electron chi connectivity index (χ0n) is 39.2. The number of ether oxygens (including phenoxy) is 1. The second-order valence-electron chi connectivity index (χ2n) is 18.3. The number of hydrogen-bond acceptors (Lipinski definition) is 7. The average molecular weight is 1110 g/mol. The van der Waals surface area contributed by atoms with E-state index in [1.807, 2.05) is 39.0 Å². The van der Waals surface area contributed by atoms with Crippen molar-refractivity contribution >= 4 is 70.9 Å². The first-order valence-corrected chi connectivity index (χ1v) is 27.7. The summed E-state index contributed by atoms with van der Waals surface area (Å²) >= 11 is 18.1. The molecule has 3 heterocycles. The highest BCUT2D eigenvalue weighted by Gasteiger charge is 2.49. The van der Waals surface area contributed by atoms with Crippen LogP contribution in [0.2, 0.25) is 34.7 Å². The third-order valence-electron chi connectivity index (χ3n) is 10.8. The quantitative estimate of drug-likeness (QED) is 0.0826. The predicted octanol–water partition coefficient (Wildman–Crippen LogP) is 10.8. The Kier molecular flexibility index (Phi) is 19.0. The van der Waals surface area contributed by atoms with Crippen LogP contribution in [0.3, 0.4) is 0 Å². The van der Waals surface area contributed by atoms with Gasteiger partial charge in [-0.05, 0) is 105 Å². The van der Waals surface area contributed by atoms with E-state index >= 15 is 0 Å². The molecule has 0 unspecified atom stereocenters. The normalized spacial score (nSPS) is 15.4. The summed E-state index contributed by atoms with van der Waals surface area (Å²) in [5.41, 5.74) is 2.67. The number of amides is 3. The van der Waals surface area contributed by atoms with Crippen molar-refractivity contribution in [3.63, 3.8) is 0 Å². The summed E-state index contributed by atoms with van der Waals surface area (Å²) < 4.78 is 145. The summed E-state index contributed by atoms with van der Waals surface area (Å²) in [5.74, 6) is 1.12. The SMILES string of the molecule is C#Cc1c(Cl)ccc2c1CCN(C(=O)OC(C)(C)C)CC2.C[Si](C)(C)C#Cc1c(Cl)ccc2c1CCN(C(=O)C(F)(F)F)CC2.O=C(N1CCc2ccc(Cl)c(OS(=O)(=O)C(F)(F)F)c2CC1)C(F)(F)F. The molecular formula is C47H49Cl3F9N3O7SSi. The van der Waals surface area contributed by atoms with E-state index in [1.165, 1.54) is 11.6 Å². The fourth-order valence-corrected chi connectivity index (χ4v) is 9.14. The van der Waals surface area contributed by atoms with E-state index in [-0.39, 0.29) is 49.7 Å². The van der Waals surface area contributed by atoms with Crippen molar-refractivity contribution in [3.05, 3.63) is 96.0 Å². The van der Waals surface area contributed by atoms with Crippen LogP contribution in [0.5, 0.6) is 5.75 Å². The molecule has 0 spiro atoms. The van der Waals surface area contributed by atoms with E-state index in [4.69, 9.17) is 46.0 Å². The standard InChI is InChI=1S/C17H19ClF3NOSi.C17H20ClNO2.C13H10ClF6NO4S/c1-24(2,3)11-8-14-13-7-10-22(16(23)17(19,20)21)9-6-12(13)4-5-15(14)18;1-5-13-14-9-11-19(16(20)21-17(2,3)4)10-8-12(14)6-7-15(13)18;14-9-2-1-7-3-5-21(11(22)12(15,16)17)6-4-8(7)10(9)25-26(23,24)13(18,19)20/h4-5H,6-7,9-10H2,1-3H3;1,6-7H,8-11H2,2-4H3;1-2H,3-6H2. The van der Waals surface area contributed by atoms with Crippen molar-refractivity contribution in [1.29, 1.82) is 0 Å². The lowest BCUT2D eigenvalue weighted by molar-refractivity contribution is -0.185. The summed E-state index contributed by atoms with van der Waals surface area (Å²) in [6, 6.07) is 9.78. The molecule has 388 valence electrons. The molecule has 10 nitrogen and oxygen atoms in total. The number of fused-ring (bicyclic) bond motifs is 3. The number of benzene rings is 3. The first-order valence-electron chi connectivity index (χ1n) is 21.7. The molecule has 0 bridgehead atoms. The smallest absolute Gasteiger partial charge is 0.444 e. The molecule has 0 radical (unpaired) electrons. The molecule has 71 heavy (non-hydrogen) atoms. The predicted molar refractivity (Wildman–Crippen MR) is 253 cm³/mol. The van der Waals surface area contributed by atoms with Crippen LogP contribution in [0.15, 0.2) is 36.4 Å². The van der Waals surface area contributed by atoms with E-state index in [9.17, 15) is 62.3 Å². The molecule has 24 heteroatoms. The molecule has 3 amide bonds. The van der Waals surface area contributed by atoms with Gasteiger partial charge in [0.15, 0.2) is 5.75 Å². The lowest BCUT2D eigenvalue weighted by atomic mass is 9.97. The summed E-state index contributed by atoms with van der Waals surface area (Å²) in [4.78, 5) is 38.1. The highest BCUT2D eigenvalue weighted by atomic mass is 35.5.